The summed E-state index contributed by atoms with van der Waals surface area (Å²) in [6, 6.07) is 20.4. The average molecular weight is 487 g/mol. The van der Waals surface area contributed by atoms with Crippen LogP contribution >= 0.6 is 0 Å². The molecule has 4 rings (SSSR count). The maximum atomic E-state index is 13.1. The van der Waals surface area contributed by atoms with Crippen molar-refractivity contribution in [1.82, 2.24) is 10.6 Å². The number of nitrogens with two attached hydrogens (primary N) is 1. The molecular formula is C27H26N4O5. The number of hydrogen-bond acceptors (Lipinski definition) is 6. The standard InChI is InChI=1S/C27H26N4O5/c28-16-17-1-9-22(10-2-17)35-24-13-18(14-25(15-24)36-23-11-3-19(29)4-12-23)26(32)30-20-5-7-21(8-6-20)31-27(33)34/h1-4,9-15,20-21,31H,5-8,29H2,(H,30,32)(H,33,34). The Labute approximate surface area is 208 Å². The molecule has 0 bridgehead atoms. The number of nitrogen functional groups attached to an aromatic ring is 1. The molecule has 9 nitrogen and oxygen atoms in total. The topological polar surface area (TPSA) is 147 Å². The number of nitriles is 1. The summed E-state index contributed by atoms with van der Waals surface area (Å²) in [5, 5.41) is 23.5. The fourth-order valence-corrected chi connectivity index (χ4v) is 4.05. The highest BCUT2D eigenvalue weighted by atomic mass is 16.5. The number of amides is 2. The van der Waals surface area contributed by atoms with Crippen LogP contribution in [0.4, 0.5) is 10.5 Å². The van der Waals surface area contributed by atoms with E-state index in [1.165, 1.54) is 0 Å². The Morgan fingerprint density at radius 2 is 1.31 bits per heavy atom. The van der Waals surface area contributed by atoms with Crippen LogP contribution in [0.15, 0.2) is 66.7 Å². The molecule has 36 heavy (non-hydrogen) atoms. The molecule has 0 heterocycles. The molecule has 0 unspecified atom stereocenters. The van der Waals surface area contributed by atoms with Gasteiger partial charge in [0.2, 0.25) is 0 Å². The van der Waals surface area contributed by atoms with E-state index >= 15 is 0 Å². The van der Waals surface area contributed by atoms with Gasteiger partial charge in [-0.2, -0.15) is 5.26 Å². The van der Waals surface area contributed by atoms with Crippen molar-refractivity contribution in [1.29, 1.82) is 5.26 Å². The van der Waals surface area contributed by atoms with Gasteiger partial charge in [-0.25, -0.2) is 4.79 Å². The van der Waals surface area contributed by atoms with E-state index < -0.39 is 6.09 Å². The van der Waals surface area contributed by atoms with Crippen LogP contribution in [0.25, 0.3) is 0 Å². The van der Waals surface area contributed by atoms with E-state index in [0.29, 0.717) is 65.5 Å². The molecule has 184 valence electrons. The van der Waals surface area contributed by atoms with Crippen LogP contribution in [0.1, 0.15) is 41.6 Å². The van der Waals surface area contributed by atoms with E-state index in [1.807, 2.05) is 0 Å². The summed E-state index contributed by atoms with van der Waals surface area (Å²) < 4.78 is 11.9. The van der Waals surface area contributed by atoms with Crippen molar-refractivity contribution in [2.45, 2.75) is 37.8 Å². The van der Waals surface area contributed by atoms with E-state index in [0.717, 1.165) is 0 Å². The van der Waals surface area contributed by atoms with E-state index in [4.69, 9.17) is 25.6 Å². The number of carbonyl (C=O) groups excluding carboxylic acids is 1. The van der Waals surface area contributed by atoms with Crippen molar-refractivity contribution in [3.63, 3.8) is 0 Å². The Hall–Kier alpha value is -4.71. The van der Waals surface area contributed by atoms with Crippen molar-refractivity contribution < 1.29 is 24.2 Å². The summed E-state index contributed by atoms with van der Waals surface area (Å²) in [7, 11) is 0. The number of ether oxygens (including phenoxy) is 2. The number of carboxylic acid groups (broad SMARTS) is 1. The van der Waals surface area contributed by atoms with E-state index in [2.05, 4.69) is 16.7 Å². The number of nitrogens with zero attached hydrogens (tertiary/aromatic N) is 1. The Bertz CT molecular complexity index is 1260. The molecule has 1 saturated carbocycles. The van der Waals surface area contributed by atoms with E-state index in [-0.39, 0.29) is 18.0 Å². The van der Waals surface area contributed by atoms with Crippen molar-refractivity contribution in [2.24, 2.45) is 0 Å². The van der Waals surface area contributed by atoms with Gasteiger partial charge in [-0.05, 0) is 86.3 Å². The number of hydrogen-bond donors (Lipinski definition) is 4. The van der Waals surface area contributed by atoms with Gasteiger partial charge in [0.15, 0.2) is 0 Å². The molecule has 0 saturated heterocycles. The number of nitrogens with one attached hydrogen (secondary N) is 2. The molecule has 0 aromatic heterocycles. The van der Waals surface area contributed by atoms with Crippen LogP contribution in [0, 0.1) is 11.3 Å². The predicted molar refractivity (Wildman–Crippen MR) is 133 cm³/mol. The lowest BCUT2D eigenvalue weighted by molar-refractivity contribution is 0.0922. The lowest BCUT2D eigenvalue weighted by Gasteiger charge is -2.29. The van der Waals surface area contributed by atoms with Gasteiger partial charge in [-0.1, -0.05) is 0 Å². The first kappa shape index (κ1) is 24.4. The molecule has 0 radical (unpaired) electrons. The number of rotatable bonds is 7. The van der Waals surface area contributed by atoms with Gasteiger partial charge in [0.25, 0.3) is 5.91 Å². The van der Waals surface area contributed by atoms with Crippen LogP contribution in [0.2, 0.25) is 0 Å². The largest absolute Gasteiger partial charge is 0.465 e. The minimum absolute atomic E-state index is 0.0612. The molecule has 0 aliphatic heterocycles. The lowest BCUT2D eigenvalue weighted by Crippen LogP contribution is -2.43. The SMILES string of the molecule is N#Cc1ccc(Oc2cc(Oc3ccc(N)cc3)cc(C(=O)NC3CCC(NC(=O)O)CC3)c2)cc1. The molecule has 9 heteroatoms. The molecule has 3 aromatic carbocycles. The highest BCUT2D eigenvalue weighted by Gasteiger charge is 2.24. The monoisotopic (exact) mass is 486 g/mol. The van der Waals surface area contributed by atoms with Gasteiger partial charge in [0.1, 0.15) is 23.0 Å². The van der Waals surface area contributed by atoms with Crippen LogP contribution in [0.3, 0.4) is 0 Å². The Balaban J connectivity index is 1.52. The zero-order valence-corrected chi connectivity index (χ0v) is 19.4. The van der Waals surface area contributed by atoms with Gasteiger partial charge in [-0.3, -0.25) is 4.79 Å². The van der Waals surface area contributed by atoms with Crippen molar-refractivity contribution in [2.75, 3.05) is 5.73 Å². The van der Waals surface area contributed by atoms with Crippen LogP contribution < -0.4 is 25.8 Å². The van der Waals surface area contributed by atoms with Gasteiger partial charge in [0.05, 0.1) is 11.6 Å². The normalized spacial score (nSPS) is 16.9. The second kappa shape index (κ2) is 11.1. The smallest absolute Gasteiger partial charge is 0.404 e. The third-order valence-corrected chi connectivity index (χ3v) is 5.87. The minimum Gasteiger partial charge on any atom is -0.465 e. The third kappa shape index (κ3) is 6.67. The fraction of sp³-hybridized carbons (Fsp3) is 0.222. The summed E-state index contributed by atoms with van der Waals surface area (Å²) in [6.45, 7) is 0. The van der Waals surface area contributed by atoms with Crippen LogP contribution in [-0.4, -0.2) is 29.2 Å². The quantitative estimate of drug-likeness (QED) is 0.342. The first-order valence-electron chi connectivity index (χ1n) is 11.5. The molecule has 2 amide bonds. The first-order chi connectivity index (χ1) is 17.4. The molecule has 3 aromatic rings. The van der Waals surface area contributed by atoms with E-state index in [9.17, 15) is 9.59 Å². The van der Waals surface area contributed by atoms with Crippen molar-refractivity contribution in [3.8, 4) is 29.1 Å². The highest BCUT2D eigenvalue weighted by Crippen LogP contribution is 2.31. The molecule has 1 fully saturated rings. The lowest BCUT2D eigenvalue weighted by atomic mass is 9.91. The molecule has 1 aliphatic rings. The highest BCUT2D eigenvalue weighted by molar-refractivity contribution is 5.95. The van der Waals surface area contributed by atoms with Gasteiger partial charge in [0, 0.05) is 29.4 Å². The number of anilines is 1. The fourth-order valence-electron chi connectivity index (χ4n) is 4.05. The van der Waals surface area contributed by atoms with Gasteiger partial charge < -0.3 is 30.9 Å². The van der Waals surface area contributed by atoms with Crippen LogP contribution in [-0.2, 0) is 0 Å². The minimum atomic E-state index is -1.03. The Kier molecular flexibility index (Phi) is 7.56. The maximum Gasteiger partial charge on any atom is 0.404 e. The third-order valence-electron chi connectivity index (χ3n) is 5.87. The average Bonchev–Trinajstić information content (AvgIpc) is 2.86. The van der Waals surface area contributed by atoms with Gasteiger partial charge in [-0.15, -0.1) is 0 Å². The molecule has 1 aliphatic carbocycles. The Morgan fingerprint density at radius 3 is 1.81 bits per heavy atom. The zero-order valence-electron chi connectivity index (χ0n) is 19.4. The molecular weight excluding hydrogens is 460 g/mol. The number of carbonyl (C=O) groups is 2. The van der Waals surface area contributed by atoms with Crippen molar-refractivity contribution in [3.05, 3.63) is 77.9 Å². The first-order valence-corrected chi connectivity index (χ1v) is 11.5. The summed E-state index contributed by atoms with van der Waals surface area (Å²) in [4.78, 5) is 24.0. The number of benzene rings is 3. The summed E-state index contributed by atoms with van der Waals surface area (Å²) in [5.41, 5.74) is 7.23. The summed E-state index contributed by atoms with van der Waals surface area (Å²) in [6.07, 6.45) is 1.63. The molecule has 0 spiro atoms. The molecule has 0 atom stereocenters. The Morgan fingerprint density at radius 1 is 0.806 bits per heavy atom. The van der Waals surface area contributed by atoms with Crippen molar-refractivity contribution >= 4 is 17.7 Å². The van der Waals surface area contributed by atoms with Gasteiger partial charge >= 0.3 is 6.09 Å². The summed E-state index contributed by atoms with van der Waals surface area (Å²) >= 11 is 0. The van der Waals surface area contributed by atoms with E-state index in [1.54, 1.807) is 66.7 Å². The summed E-state index contributed by atoms with van der Waals surface area (Å²) in [5.74, 6) is 1.58. The second-order valence-electron chi connectivity index (χ2n) is 8.57. The predicted octanol–water partition coefficient (Wildman–Crippen LogP) is 5.03. The second-order valence-corrected chi connectivity index (χ2v) is 8.57. The maximum absolute atomic E-state index is 13.1. The zero-order chi connectivity index (χ0) is 25.5. The van der Waals surface area contributed by atoms with Crippen LogP contribution in [0.5, 0.6) is 23.0 Å². The molecule has 5 N–H and O–H groups in total.